The third-order valence-corrected chi connectivity index (χ3v) is 5.95. The number of carboxylic acid groups (broad SMARTS) is 1. The maximum absolute atomic E-state index is 13.7. The highest BCUT2D eigenvalue weighted by atomic mass is 79.9. The number of carboxylic acids is 1. The molecule has 0 aliphatic rings. The Bertz CT molecular complexity index is 768. The summed E-state index contributed by atoms with van der Waals surface area (Å²) in [6.45, 7) is 0. The Labute approximate surface area is 126 Å². The molecule has 0 saturated carbocycles. The molecule has 0 bridgehead atoms. The van der Waals surface area contributed by atoms with Gasteiger partial charge in [-0.15, -0.1) is 11.3 Å². The molecule has 106 valence electrons. The van der Waals surface area contributed by atoms with Gasteiger partial charge < -0.3 is 5.11 Å². The molecule has 0 amide bonds. The van der Waals surface area contributed by atoms with Gasteiger partial charge in [0.1, 0.15) is 10.7 Å². The van der Waals surface area contributed by atoms with E-state index >= 15 is 0 Å². The number of carbonyl (C=O) groups is 1. The summed E-state index contributed by atoms with van der Waals surface area (Å²) >= 11 is 4.44. The summed E-state index contributed by atoms with van der Waals surface area (Å²) in [5.41, 5.74) is -0.266. The van der Waals surface area contributed by atoms with E-state index in [4.69, 9.17) is 5.11 Å². The van der Waals surface area contributed by atoms with E-state index in [0.29, 0.717) is 4.88 Å². The van der Waals surface area contributed by atoms with Crippen LogP contribution in [0.25, 0.3) is 0 Å². The van der Waals surface area contributed by atoms with E-state index in [9.17, 15) is 17.6 Å². The molecule has 0 aliphatic heterocycles. The average Bonchev–Trinajstić information content (AvgIpc) is 2.73. The van der Waals surface area contributed by atoms with Crippen molar-refractivity contribution in [3.8, 4) is 0 Å². The van der Waals surface area contributed by atoms with Crippen LogP contribution in [0.2, 0.25) is 0 Å². The number of halogens is 2. The van der Waals surface area contributed by atoms with Gasteiger partial charge in [-0.25, -0.2) is 17.6 Å². The number of hydrogen-bond donors (Lipinski definition) is 1. The van der Waals surface area contributed by atoms with Crippen molar-refractivity contribution >= 4 is 43.1 Å². The van der Waals surface area contributed by atoms with Crippen LogP contribution < -0.4 is 0 Å². The van der Waals surface area contributed by atoms with Gasteiger partial charge in [-0.2, -0.15) is 0 Å². The molecule has 20 heavy (non-hydrogen) atoms. The minimum Gasteiger partial charge on any atom is -0.478 e. The van der Waals surface area contributed by atoms with E-state index in [1.165, 1.54) is 11.3 Å². The summed E-state index contributed by atoms with van der Waals surface area (Å²) in [7, 11) is -3.94. The Hall–Kier alpha value is -1.25. The average molecular weight is 379 g/mol. The number of thiophene rings is 1. The fourth-order valence-electron chi connectivity index (χ4n) is 1.57. The molecule has 1 heterocycles. The zero-order chi connectivity index (χ0) is 14.9. The summed E-state index contributed by atoms with van der Waals surface area (Å²) < 4.78 is 38.8. The predicted molar refractivity (Wildman–Crippen MR) is 76.3 cm³/mol. The lowest BCUT2D eigenvalue weighted by Gasteiger charge is -2.05. The number of benzene rings is 1. The largest absolute Gasteiger partial charge is 0.478 e. The number of hydrogen-bond acceptors (Lipinski definition) is 4. The maximum Gasteiger partial charge on any atom is 0.335 e. The molecule has 0 spiro atoms. The molecular formula is C12H8BrFO4S2. The van der Waals surface area contributed by atoms with E-state index < -0.39 is 26.5 Å². The summed E-state index contributed by atoms with van der Waals surface area (Å²) in [6.07, 6.45) is 0. The van der Waals surface area contributed by atoms with Crippen LogP contribution >= 0.6 is 27.3 Å². The van der Waals surface area contributed by atoms with Crippen LogP contribution in [0.4, 0.5) is 4.39 Å². The Kier molecular flexibility index (Phi) is 4.26. The second-order valence-electron chi connectivity index (χ2n) is 3.92. The fraction of sp³-hybridized carbons (Fsp3) is 0.0833. The normalized spacial score (nSPS) is 11.5. The van der Waals surface area contributed by atoms with Crippen LogP contribution in [0.15, 0.2) is 39.0 Å². The maximum atomic E-state index is 13.7. The molecule has 0 saturated heterocycles. The topological polar surface area (TPSA) is 71.4 Å². The van der Waals surface area contributed by atoms with Crippen LogP contribution in [-0.2, 0) is 15.6 Å². The Morgan fingerprint density at radius 1 is 1.30 bits per heavy atom. The smallest absolute Gasteiger partial charge is 0.335 e. The molecule has 1 N–H and O–H groups in total. The van der Waals surface area contributed by atoms with E-state index in [-0.39, 0.29) is 11.3 Å². The summed E-state index contributed by atoms with van der Waals surface area (Å²) in [6, 6.07) is 6.03. The van der Waals surface area contributed by atoms with Crippen LogP contribution in [0.3, 0.4) is 0 Å². The predicted octanol–water partition coefficient (Wildman–Crippen LogP) is 3.32. The Balaban J connectivity index is 2.43. The third kappa shape index (κ3) is 3.25. The molecule has 2 rings (SSSR count). The molecule has 0 fully saturated rings. The molecule has 0 unspecified atom stereocenters. The first-order chi connectivity index (χ1) is 9.29. The van der Waals surface area contributed by atoms with Crippen molar-refractivity contribution in [1.29, 1.82) is 0 Å². The molecule has 2 aromatic rings. The van der Waals surface area contributed by atoms with Crippen molar-refractivity contribution in [2.75, 3.05) is 0 Å². The second-order valence-corrected chi connectivity index (χ2v) is 8.42. The molecule has 0 atom stereocenters. The second kappa shape index (κ2) is 5.63. The SMILES string of the molecule is O=C(O)c1ccc(F)c(S(=O)(=O)Cc2ccc(Br)s2)c1. The van der Waals surface area contributed by atoms with Gasteiger partial charge in [0.05, 0.1) is 15.1 Å². The lowest BCUT2D eigenvalue weighted by Crippen LogP contribution is -2.08. The van der Waals surface area contributed by atoms with Gasteiger partial charge in [0, 0.05) is 4.88 Å². The molecule has 0 aliphatic carbocycles. The lowest BCUT2D eigenvalue weighted by molar-refractivity contribution is 0.0696. The zero-order valence-electron chi connectivity index (χ0n) is 9.84. The molecule has 8 heteroatoms. The van der Waals surface area contributed by atoms with E-state index in [1.54, 1.807) is 12.1 Å². The number of aromatic carboxylic acids is 1. The summed E-state index contributed by atoms with van der Waals surface area (Å²) in [5, 5.41) is 8.84. The zero-order valence-corrected chi connectivity index (χ0v) is 13.1. The first-order valence-corrected chi connectivity index (χ1v) is 8.55. The first kappa shape index (κ1) is 15.1. The highest BCUT2D eigenvalue weighted by Gasteiger charge is 2.22. The van der Waals surface area contributed by atoms with E-state index in [2.05, 4.69) is 15.9 Å². The molecule has 1 aromatic carbocycles. The highest BCUT2D eigenvalue weighted by molar-refractivity contribution is 9.11. The standard InChI is InChI=1S/C12H8BrFO4S2/c13-11-4-2-8(19-11)6-20(17,18)10-5-7(12(15)16)1-3-9(10)14/h1-5H,6H2,(H,15,16). The van der Waals surface area contributed by atoms with Gasteiger partial charge in [-0.05, 0) is 46.3 Å². The van der Waals surface area contributed by atoms with Crippen LogP contribution in [0, 0.1) is 5.82 Å². The van der Waals surface area contributed by atoms with Crippen molar-refractivity contribution < 1.29 is 22.7 Å². The molecule has 4 nitrogen and oxygen atoms in total. The van der Waals surface area contributed by atoms with Crippen LogP contribution in [-0.4, -0.2) is 19.5 Å². The van der Waals surface area contributed by atoms with E-state index in [0.717, 1.165) is 22.0 Å². The van der Waals surface area contributed by atoms with Crippen LogP contribution in [0.5, 0.6) is 0 Å². The van der Waals surface area contributed by atoms with Gasteiger partial charge in [0.2, 0.25) is 0 Å². The number of rotatable bonds is 4. The van der Waals surface area contributed by atoms with Gasteiger partial charge >= 0.3 is 5.97 Å². The summed E-state index contributed by atoms with van der Waals surface area (Å²) in [4.78, 5) is 10.8. The van der Waals surface area contributed by atoms with Crippen molar-refractivity contribution in [2.24, 2.45) is 0 Å². The van der Waals surface area contributed by atoms with Gasteiger partial charge in [0.15, 0.2) is 9.84 Å². The van der Waals surface area contributed by atoms with Crippen molar-refractivity contribution in [3.63, 3.8) is 0 Å². The van der Waals surface area contributed by atoms with Crippen molar-refractivity contribution in [2.45, 2.75) is 10.6 Å². The lowest BCUT2D eigenvalue weighted by atomic mass is 10.2. The molecular weight excluding hydrogens is 371 g/mol. The van der Waals surface area contributed by atoms with E-state index in [1.807, 2.05) is 0 Å². The quantitative estimate of drug-likeness (QED) is 0.885. The molecule has 1 aromatic heterocycles. The minimum atomic E-state index is -3.94. The van der Waals surface area contributed by atoms with Crippen molar-refractivity contribution in [1.82, 2.24) is 0 Å². The summed E-state index contributed by atoms with van der Waals surface area (Å²) in [5.74, 6) is -2.63. The monoisotopic (exact) mass is 378 g/mol. The fourth-order valence-corrected chi connectivity index (χ4v) is 4.85. The van der Waals surface area contributed by atoms with Gasteiger partial charge in [-0.1, -0.05) is 0 Å². The van der Waals surface area contributed by atoms with Gasteiger partial charge in [-0.3, -0.25) is 0 Å². The first-order valence-electron chi connectivity index (χ1n) is 5.29. The Morgan fingerprint density at radius 2 is 2.00 bits per heavy atom. The van der Waals surface area contributed by atoms with Crippen molar-refractivity contribution in [3.05, 3.63) is 50.4 Å². The van der Waals surface area contributed by atoms with Gasteiger partial charge in [0.25, 0.3) is 0 Å². The van der Waals surface area contributed by atoms with Crippen LogP contribution in [0.1, 0.15) is 15.2 Å². The third-order valence-electron chi connectivity index (χ3n) is 2.47. The highest BCUT2D eigenvalue weighted by Crippen LogP contribution is 2.27. The minimum absolute atomic E-state index is 0.266. The number of sulfone groups is 1. The molecule has 0 radical (unpaired) electrons. The Morgan fingerprint density at radius 3 is 2.55 bits per heavy atom.